The zero-order valence-electron chi connectivity index (χ0n) is 17.3. The summed E-state index contributed by atoms with van der Waals surface area (Å²) in [6.45, 7) is 4.30. The van der Waals surface area contributed by atoms with E-state index in [9.17, 15) is 8.42 Å². The van der Waals surface area contributed by atoms with Crippen LogP contribution in [-0.2, 0) is 22.0 Å². The molecule has 1 aromatic heterocycles. The van der Waals surface area contributed by atoms with Gasteiger partial charge in [-0.05, 0) is 31.5 Å². The topological polar surface area (TPSA) is 94.9 Å². The fourth-order valence-corrected chi connectivity index (χ4v) is 4.97. The van der Waals surface area contributed by atoms with Gasteiger partial charge in [0.1, 0.15) is 23.4 Å². The highest BCUT2D eigenvalue weighted by Gasteiger charge is 2.34. The molecule has 3 atom stereocenters. The van der Waals surface area contributed by atoms with E-state index in [4.69, 9.17) is 14.2 Å². The third-order valence-corrected chi connectivity index (χ3v) is 6.33. The second kappa shape index (κ2) is 8.70. The van der Waals surface area contributed by atoms with E-state index < -0.39 is 16.3 Å². The number of imidazole rings is 1. The number of aryl methyl sites for hydroxylation is 1. The predicted octanol–water partition coefficient (Wildman–Crippen LogP) is 1.47. The molecule has 1 N–H and O–H groups in total. The minimum atomic E-state index is -3.81. The van der Waals surface area contributed by atoms with Crippen molar-refractivity contribution in [3.05, 3.63) is 42.0 Å². The molecular weight excluding hydrogens is 396 g/mol. The molecule has 1 saturated heterocycles. The van der Waals surface area contributed by atoms with Crippen LogP contribution >= 0.6 is 0 Å². The maximum absolute atomic E-state index is 13.2. The summed E-state index contributed by atoms with van der Waals surface area (Å²) in [7, 11) is 1.11. The third-order valence-electron chi connectivity index (χ3n) is 4.82. The number of benzene rings is 1. The van der Waals surface area contributed by atoms with Crippen molar-refractivity contribution >= 4 is 10.2 Å². The van der Waals surface area contributed by atoms with Crippen LogP contribution in [0.5, 0.6) is 11.5 Å². The van der Waals surface area contributed by atoms with E-state index >= 15 is 0 Å². The fourth-order valence-electron chi connectivity index (χ4n) is 3.47. The molecule has 0 saturated carbocycles. The molecule has 160 valence electrons. The first-order chi connectivity index (χ1) is 13.7. The van der Waals surface area contributed by atoms with Gasteiger partial charge in [0.2, 0.25) is 0 Å². The van der Waals surface area contributed by atoms with E-state index in [1.54, 1.807) is 49.4 Å². The van der Waals surface area contributed by atoms with Crippen LogP contribution in [-0.4, -0.2) is 61.8 Å². The maximum Gasteiger partial charge on any atom is 0.280 e. The molecule has 0 amide bonds. The highest BCUT2D eigenvalue weighted by Crippen LogP contribution is 2.30. The van der Waals surface area contributed by atoms with Crippen molar-refractivity contribution in [2.75, 3.05) is 27.3 Å². The zero-order valence-corrected chi connectivity index (χ0v) is 18.1. The van der Waals surface area contributed by atoms with Crippen LogP contribution in [0.25, 0.3) is 0 Å². The molecular formula is C19H28N4O5S. The lowest BCUT2D eigenvalue weighted by atomic mass is 10.1. The predicted molar refractivity (Wildman–Crippen MR) is 108 cm³/mol. The average Bonchev–Trinajstić information content (AvgIpc) is 3.10. The number of morpholine rings is 1. The number of rotatable bonds is 7. The third kappa shape index (κ3) is 4.89. The van der Waals surface area contributed by atoms with Crippen LogP contribution in [0.4, 0.5) is 0 Å². The van der Waals surface area contributed by atoms with Crippen molar-refractivity contribution in [3.63, 3.8) is 0 Å². The molecule has 1 aromatic carbocycles. The Balaban J connectivity index is 2.01. The van der Waals surface area contributed by atoms with Crippen molar-refractivity contribution in [1.29, 1.82) is 0 Å². The summed E-state index contributed by atoms with van der Waals surface area (Å²) in [6, 6.07) is 4.56. The van der Waals surface area contributed by atoms with E-state index in [1.807, 2.05) is 20.9 Å². The Morgan fingerprint density at radius 1 is 1.14 bits per heavy atom. The number of ether oxygens (including phenoxy) is 3. The molecule has 0 bridgehead atoms. The highest BCUT2D eigenvalue weighted by atomic mass is 32.2. The Morgan fingerprint density at radius 3 is 2.21 bits per heavy atom. The van der Waals surface area contributed by atoms with Gasteiger partial charge in [0, 0.05) is 38.6 Å². The van der Waals surface area contributed by atoms with E-state index in [2.05, 4.69) is 9.71 Å². The summed E-state index contributed by atoms with van der Waals surface area (Å²) in [6.07, 6.45) is 3.04. The number of nitrogens with zero attached hydrogens (tertiary/aromatic N) is 3. The van der Waals surface area contributed by atoms with Crippen LogP contribution in [0, 0.1) is 0 Å². The molecule has 3 rings (SSSR count). The van der Waals surface area contributed by atoms with E-state index in [0.29, 0.717) is 22.9 Å². The Hall–Kier alpha value is -2.14. The lowest BCUT2D eigenvalue weighted by molar-refractivity contribution is -0.0444. The van der Waals surface area contributed by atoms with Gasteiger partial charge in [-0.2, -0.15) is 17.4 Å². The van der Waals surface area contributed by atoms with Crippen molar-refractivity contribution in [2.45, 2.75) is 32.1 Å². The van der Waals surface area contributed by atoms with Gasteiger partial charge in [-0.1, -0.05) is 0 Å². The first kappa shape index (κ1) is 21.6. The number of hydrogen-bond donors (Lipinski definition) is 1. The van der Waals surface area contributed by atoms with E-state index in [0.717, 1.165) is 0 Å². The molecule has 10 heteroatoms. The molecule has 0 aliphatic carbocycles. The molecule has 0 radical (unpaired) electrons. The standard InChI is InChI=1S/C19H28N4O5S/c1-13-11-23(12-14(2)28-13)29(24,25)21-18(19-20-6-7-22(19)3)15-8-16(26-4)10-17(9-15)27-5/h6-10,13-14,18,21H,11-12H2,1-5H3/t13-,14-,18+/m1/s1. The first-order valence-corrected chi connectivity index (χ1v) is 10.8. The fraction of sp³-hybridized carbons (Fsp3) is 0.526. The van der Waals surface area contributed by atoms with Crippen molar-refractivity contribution in [3.8, 4) is 11.5 Å². The van der Waals surface area contributed by atoms with Gasteiger partial charge in [0.15, 0.2) is 0 Å². The van der Waals surface area contributed by atoms with Gasteiger partial charge in [-0.15, -0.1) is 0 Å². The monoisotopic (exact) mass is 424 g/mol. The second-order valence-corrected chi connectivity index (χ2v) is 8.87. The average molecular weight is 425 g/mol. The lowest BCUT2D eigenvalue weighted by Gasteiger charge is -2.35. The molecule has 2 aromatic rings. The minimum Gasteiger partial charge on any atom is -0.497 e. The molecule has 1 fully saturated rings. The number of aromatic nitrogens is 2. The van der Waals surface area contributed by atoms with Crippen LogP contribution in [0.15, 0.2) is 30.6 Å². The molecule has 0 unspecified atom stereocenters. The SMILES string of the molecule is COc1cc(OC)cc([C@H](NS(=O)(=O)N2C[C@@H](C)O[C@H](C)C2)c2nccn2C)c1. The Bertz CT molecular complexity index is 914. The molecule has 0 spiro atoms. The summed E-state index contributed by atoms with van der Waals surface area (Å²) in [5, 5.41) is 0. The first-order valence-electron chi connectivity index (χ1n) is 9.36. The molecule has 9 nitrogen and oxygen atoms in total. The summed E-state index contributed by atoms with van der Waals surface area (Å²) >= 11 is 0. The van der Waals surface area contributed by atoms with Gasteiger partial charge in [-0.3, -0.25) is 0 Å². The Labute approximate surface area is 171 Å². The van der Waals surface area contributed by atoms with Crippen molar-refractivity contribution in [2.24, 2.45) is 7.05 Å². The Morgan fingerprint density at radius 2 is 1.72 bits per heavy atom. The van der Waals surface area contributed by atoms with Crippen LogP contribution in [0.2, 0.25) is 0 Å². The summed E-state index contributed by atoms with van der Waals surface area (Å²) in [4.78, 5) is 4.37. The largest absolute Gasteiger partial charge is 0.497 e. The Kier molecular flexibility index (Phi) is 6.47. The normalized spacial score (nSPS) is 21.7. The maximum atomic E-state index is 13.2. The van der Waals surface area contributed by atoms with Crippen molar-refractivity contribution < 1.29 is 22.6 Å². The van der Waals surface area contributed by atoms with Crippen LogP contribution < -0.4 is 14.2 Å². The molecule has 1 aliphatic heterocycles. The molecule has 2 heterocycles. The van der Waals surface area contributed by atoms with Gasteiger partial charge >= 0.3 is 0 Å². The molecule has 1 aliphatic rings. The summed E-state index contributed by atoms with van der Waals surface area (Å²) < 4.78 is 48.9. The zero-order chi connectivity index (χ0) is 21.2. The van der Waals surface area contributed by atoms with Gasteiger partial charge in [0.05, 0.1) is 26.4 Å². The molecule has 29 heavy (non-hydrogen) atoms. The minimum absolute atomic E-state index is 0.182. The van der Waals surface area contributed by atoms with Gasteiger partial charge < -0.3 is 18.8 Å². The van der Waals surface area contributed by atoms with E-state index in [1.165, 1.54) is 4.31 Å². The van der Waals surface area contributed by atoms with Gasteiger partial charge in [-0.25, -0.2) is 4.98 Å². The van der Waals surface area contributed by atoms with Gasteiger partial charge in [0.25, 0.3) is 10.2 Å². The number of nitrogens with one attached hydrogen (secondary N) is 1. The number of hydrogen-bond acceptors (Lipinski definition) is 6. The van der Waals surface area contributed by atoms with E-state index in [-0.39, 0.29) is 25.3 Å². The summed E-state index contributed by atoms with van der Waals surface area (Å²) in [5.74, 6) is 1.68. The van der Waals surface area contributed by atoms with Crippen LogP contribution in [0.3, 0.4) is 0 Å². The van der Waals surface area contributed by atoms with Crippen LogP contribution in [0.1, 0.15) is 31.3 Å². The lowest BCUT2D eigenvalue weighted by Crippen LogP contribution is -2.52. The smallest absolute Gasteiger partial charge is 0.280 e. The van der Waals surface area contributed by atoms with Crippen molar-refractivity contribution in [1.82, 2.24) is 18.6 Å². The highest BCUT2D eigenvalue weighted by molar-refractivity contribution is 7.87. The second-order valence-electron chi connectivity index (χ2n) is 7.17. The quantitative estimate of drug-likeness (QED) is 0.723. The number of methoxy groups -OCH3 is 2. The summed E-state index contributed by atoms with van der Waals surface area (Å²) in [5.41, 5.74) is 0.661.